The number of carbonyl (C=O) groups is 1. The van der Waals surface area contributed by atoms with Gasteiger partial charge in [0.2, 0.25) is 0 Å². The van der Waals surface area contributed by atoms with Crippen LogP contribution in [0.25, 0.3) is 0 Å². The van der Waals surface area contributed by atoms with Crippen molar-refractivity contribution >= 4 is 21.8 Å². The van der Waals surface area contributed by atoms with Gasteiger partial charge in [-0.15, -0.1) is 0 Å². The van der Waals surface area contributed by atoms with Crippen molar-refractivity contribution in [2.24, 2.45) is 0 Å². The van der Waals surface area contributed by atoms with Gasteiger partial charge in [-0.3, -0.25) is 4.79 Å². The minimum absolute atomic E-state index is 0.0400. The molecule has 0 spiro atoms. The molecule has 1 fully saturated rings. The lowest BCUT2D eigenvalue weighted by atomic mass is 10.1. The molecule has 6 heteroatoms. The summed E-state index contributed by atoms with van der Waals surface area (Å²) >= 11 is 3.41. The average molecular weight is 358 g/mol. The molecular weight excluding hydrogens is 338 g/mol. The molecule has 0 N–H and O–H groups in total. The summed E-state index contributed by atoms with van der Waals surface area (Å²) in [6.45, 7) is 5.09. The van der Waals surface area contributed by atoms with E-state index in [1.165, 1.54) is 0 Å². The number of nitrogens with zero attached hydrogens (tertiary/aromatic N) is 1. The third kappa shape index (κ3) is 3.32. The van der Waals surface area contributed by atoms with Crippen LogP contribution in [-0.4, -0.2) is 50.3 Å². The maximum atomic E-state index is 12.7. The second-order valence-electron chi connectivity index (χ2n) is 5.15. The Morgan fingerprint density at radius 1 is 1.29 bits per heavy atom. The van der Waals surface area contributed by atoms with Gasteiger partial charge >= 0.3 is 0 Å². The Hall–Kier alpha value is -1.27. The van der Waals surface area contributed by atoms with Gasteiger partial charge in [-0.25, -0.2) is 0 Å². The summed E-state index contributed by atoms with van der Waals surface area (Å²) in [5.74, 6) is 1.11. The number of rotatable bonds is 3. The average Bonchev–Trinajstić information content (AvgIpc) is 2.49. The lowest BCUT2D eigenvalue weighted by molar-refractivity contribution is -0.0387. The molecule has 1 aliphatic heterocycles. The summed E-state index contributed by atoms with van der Waals surface area (Å²) in [5.41, 5.74) is 0.549. The largest absolute Gasteiger partial charge is 0.495 e. The first-order valence-corrected chi connectivity index (χ1v) is 7.61. The molecule has 5 nitrogen and oxygen atoms in total. The van der Waals surface area contributed by atoms with E-state index in [2.05, 4.69) is 15.9 Å². The number of methoxy groups -OCH3 is 2. The van der Waals surface area contributed by atoms with Gasteiger partial charge in [0.1, 0.15) is 16.0 Å². The third-order valence-electron chi connectivity index (χ3n) is 3.56. The van der Waals surface area contributed by atoms with Crippen molar-refractivity contribution in [1.29, 1.82) is 0 Å². The Balaban J connectivity index is 2.34. The molecule has 0 aliphatic carbocycles. The van der Waals surface area contributed by atoms with Crippen molar-refractivity contribution in [2.75, 3.05) is 27.4 Å². The van der Waals surface area contributed by atoms with E-state index in [-0.39, 0.29) is 18.1 Å². The highest BCUT2D eigenvalue weighted by Crippen LogP contribution is 2.36. The number of ether oxygens (including phenoxy) is 3. The van der Waals surface area contributed by atoms with Gasteiger partial charge in [0.25, 0.3) is 5.91 Å². The molecule has 1 aromatic rings. The zero-order chi connectivity index (χ0) is 15.6. The smallest absolute Gasteiger partial charge is 0.254 e. The molecule has 2 atom stereocenters. The normalized spacial score (nSPS) is 22.0. The van der Waals surface area contributed by atoms with E-state index in [9.17, 15) is 4.79 Å². The minimum Gasteiger partial charge on any atom is -0.495 e. The van der Waals surface area contributed by atoms with Crippen molar-refractivity contribution < 1.29 is 19.0 Å². The molecule has 1 saturated heterocycles. The first-order chi connectivity index (χ1) is 9.97. The molecule has 0 radical (unpaired) electrons. The number of benzene rings is 1. The van der Waals surface area contributed by atoms with Crippen LogP contribution in [0.2, 0.25) is 0 Å². The van der Waals surface area contributed by atoms with Crippen LogP contribution in [0, 0.1) is 0 Å². The first-order valence-electron chi connectivity index (χ1n) is 6.82. The summed E-state index contributed by atoms with van der Waals surface area (Å²) in [5, 5.41) is 0. The van der Waals surface area contributed by atoms with Crippen LogP contribution in [0.1, 0.15) is 24.2 Å². The van der Waals surface area contributed by atoms with Gasteiger partial charge in [0, 0.05) is 12.1 Å². The maximum Gasteiger partial charge on any atom is 0.254 e. The van der Waals surface area contributed by atoms with Gasteiger partial charge < -0.3 is 19.1 Å². The Morgan fingerprint density at radius 3 is 2.38 bits per heavy atom. The second kappa shape index (κ2) is 6.66. The van der Waals surface area contributed by atoms with Gasteiger partial charge in [-0.05, 0) is 41.9 Å². The summed E-state index contributed by atoms with van der Waals surface area (Å²) in [4.78, 5) is 14.6. The first kappa shape index (κ1) is 16.1. The summed E-state index contributed by atoms with van der Waals surface area (Å²) < 4.78 is 16.8. The van der Waals surface area contributed by atoms with E-state index in [1.807, 2.05) is 18.7 Å². The minimum atomic E-state index is -0.0400. The number of amides is 1. The number of hydrogen-bond donors (Lipinski definition) is 0. The summed E-state index contributed by atoms with van der Waals surface area (Å²) in [7, 11) is 3.13. The molecular formula is C15H20BrNO4. The second-order valence-corrected chi connectivity index (χ2v) is 5.94. The highest BCUT2D eigenvalue weighted by atomic mass is 79.9. The fourth-order valence-corrected chi connectivity index (χ4v) is 2.90. The van der Waals surface area contributed by atoms with E-state index in [1.54, 1.807) is 26.4 Å². The lowest BCUT2D eigenvalue weighted by Gasteiger charge is -2.37. The van der Waals surface area contributed by atoms with Crippen molar-refractivity contribution in [1.82, 2.24) is 4.90 Å². The van der Waals surface area contributed by atoms with E-state index in [0.717, 1.165) is 0 Å². The van der Waals surface area contributed by atoms with Crippen LogP contribution in [0.15, 0.2) is 16.6 Å². The van der Waals surface area contributed by atoms with E-state index in [4.69, 9.17) is 14.2 Å². The van der Waals surface area contributed by atoms with E-state index < -0.39 is 0 Å². The van der Waals surface area contributed by atoms with Crippen LogP contribution in [0.3, 0.4) is 0 Å². The van der Waals surface area contributed by atoms with Crippen molar-refractivity contribution in [2.45, 2.75) is 26.0 Å². The van der Waals surface area contributed by atoms with E-state index in [0.29, 0.717) is 34.7 Å². The van der Waals surface area contributed by atoms with Crippen LogP contribution >= 0.6 is 15.9 Å². The Bertz CT molecular complexity index is 509. The van der Waals surface area contributed by atoms with Gasteiger partial charge in [-0.2, -0.15) is 0 Å². The molecule has 0 saturated carbocycles. The highest BCUT2D eigenvalue weighted by molar-refractivity contribution is 9.10. The molecule has 21 heavy (non-hydrogen) atoms. The zero-order valence-electron chi connectivity index (χ0n) is 12.7. The standard InChI is InChI=1S/C15H20BrNO4/c1-9-8-21-10(2)7-17(9)15(18)11-5-12(19-3)14(16)13(6-11)20-4/h5-6,9-10H,7-8H2,1-4H3/t9-,10+/m0/s1. The van der Waals surface area contributed by atoms with Gasteiger partial charge in [-0.1, -0.05) is 0 Å². The topological polar surface area (TPSA) is 48.0 Å². The number of hydrogen-bond acceptors (Lipinski definition) is 4. The van der Waals surface area contributed by atoms with E-state index >= 15 is 0 Å². The number of halogens is 1. The fraction of sp³-hybridized carbons (Fsp3) is 0.533. The Kier molecular flexibility index (Phi) is 5.11. The highest BCUT2D eigenvalue weighted by Gasteiger charge is 2.29. The Labute approximate surface area is 133 Å². The molecule has 1 heterocycles. The van der Waals surface area contributed by atoms with Crippen LogP contribution in [-0.2, 0) is 4.74 Å². The predicted octanol–water partition coefficient (Wildman–Crippen LogP) is 2.72. The molecule has 0 unspecified atom stereocenters. The third-order valence-corrected chi connectivity index (χ3v) is 4.34. The molecule has 0 bridgehead atoms. The molecule has 1 aliphatic rings. The van der Waals surface area contributed by atoms with Gasteiger partial charge in [0.15, 0.2) is 0 Å². The number of carbonyl (C=O) groups excluding carboxylic acids is 1. The quantitative estimate of drug-likeness (QED) is 0.834. The van der Waals surface area contributed by atoms with Crippen molar-refractivity contribution in [3.05, 3.63) is 22.2 Å². The number of morpholine rings is 1. The fourth-order valence-electron chi connectivity index (χ4n) is 2.34. The van der Waals surface area contributed by atoms with Crippen molar-refractivity contribution in [3.8, 4) is 11.5 Å². The van der Waals surface area contributed by atoms with Crippen LogP contribution < -0.4 is 9.47 Å². The Morgan fingerprint density at radius 2 is 1.86 bits per heavy atom. The van der Waals surface area contributed by atoms with Crippen LogP contribution in [0.5, 0.6) is 11.5 Å². The van der Waals surface area contributed by atoms with Crippen LogP contribution in [0.4, 0.5) is 0 Å². The summed E-state index contributed by atoms with van der Waals surface area (Å²) in [6, 6.07) is 3.50. The molecule has 2 rings (SSSR count). The monoisotopic (exact) mass is 357 g/mol. The zero-order valence-corrected chi connectivity index (χ0v) is 14.3. The maximum absolute atomic E-state index is 12.7. The molecule has 116 valence electrons. The van der Waals surface area contributed by atoms with Gasteiger partial charge in [0.05, 0.1) is 33.0 Å². The molecule has 0 aromatic heterocycles. The predicted molar refractivity (Wildman–Crippen MR) is 83.2 cm³/mol. The van der Waals surface area contributed by atoms with Crippen molar-refractivity contribution in [3.63, 3.8) is 0 Å². The molecule has 1 aromatic carbocycles. The lowest BCUT2D eigenvalue weighted by Crippen LogP contribution is -2.50. The summed E-state index contributed by atoms with van der Waals surface area (Å²) in [6.07, 6.45) is 0.0457. The SMILES string of the molecule is COc1cc(C(=O)N2C[C@@H](C)OC[C@@H]2C)cc(OC)c1Br. The molecule has 1 amide bonds.